The molecule has 7 heteroatoms. The Kier molecular flexibility index (Phi) is 4.31. The summed E-state index contributed by atoms with van der Waals surface area (Å²) < 4.78 is 5.46. The lowest BCUT2D eigenvalue weighted by molar-refractivity contribution is -0.142. The molecule has 0 N–H and O–H groups in total. The minimum atomic E-state index is -0.298. The van der Waals surface area contributed by atoms with Crippen LogP contribution >= 0.6 is 0 Å². The number of piperazine rings is 1. The molecular formula is C18H20N4O3. The fraction of sp³-hybridized carbons (Fsp3) is 0.444. The molecule has 2 amide bonds. The number of hydrogen-bond acceptors (Lipinski definition) is 5. The van der Waals surface area contributed by atoms with Gasteiger partial charge >= 0.3 is 0 Å². The van der Waals surface area contributed by atoms with Crippen molar-refractivity contribution in [2.75, 3.05) is 32.8 Å². The van der Waals surface area contributed by atoms with Crippen LogP contribution in [0.5, 0.6) is 0 Å². The average Bonchev–Trinajstić information content (AvgIpc) is 3.21. The molecule has 2 saturated heterocycles. The van der Waals surface area contributed by atoms with Gasteiger partial charge in [-0.1, -0.05) is 12.1 Å². The molecule has 0 saturated carbocycles. The Morgan fingerprint density at radius 1 is 1.04 bits per heavy atom. The van der Waals surface area contributed by atoms with E-state index in [1.807, 2.05) is 24.3 Å². The molecule has 0 spiro atoms. The Morgan fingerprint density at radius 2 is 1.76 bits per heavy atom. The van der Waals surface area contributed by atoms with Gasteiger partial charge < -0.3 is 14.5 Å². The molecule has 1 unspecified atom stereocenters. The summed E-state index contributed by atoms with van der Waals surface area (Å²) in [7, 11) is 0. The van der Waals surface area contributed by atoms with E-state index in [0.717, 1.165) is 18.4 Å². The number of carbonyl (C=O) groups is 2. The summed E-state index contributed by atoms with van der Waals surface area (Å²) in [5, 5.41) is 0. The first-order valence-corrected chi connectivity index (χ1v) is 8.64. The van der Waals surface area contributed by atoms with E-state index in [1.54, 1.807) is 9.80 Å². The molecule has 130 valence electrons. The lowest BCUT2D eigenvalue weighted by atomic mass is 10.2. The quantitative estimate of drug-likeness (QED) is 0.818. The molecule has 3 heterocycles. The number of benzene rings is 1. The lowest BCUT2D eigenvalue weighted by Crippen LogP contribution is -2.52. The van der Waals surface area contributed by atoms with E-state index in [-0.39, 0.29) is 17.9 Å². The highest BCUT2D eigenvalue weighted by Gasteiger charge is 2.31. The van der Waals surface area contributed by atoms with Gasteiger partial charge in [0.15, 0.2) is 0 Å². The van der Waals surface area contributed by atoms with Crippen molar-refractivity contribution in [2.24, 2.45) is 0 Å². The molecule has 0 bridgehead atoms. The fourth-order valence-corrected chi connectivity index (χ4v) is 3.33. The van der Waals surface area contributed by atoms with Crippen LogP contribution in [0, 0.1) is 0 Å². The van der Waals surface area contributed by atoms with Gasteiger partial charge in [-0.25, -0.2) is 4.98 Å². The second-order valence-corrected chi connectivity index (χ2v) is 6.36. The third-order valence-electron chi connectivity index (χ3n) is 4.75. The van der Waals surface area contributed by atoms with E-state index in [4.69, 9.17) is 4.74 Å². The van der Waals surface area contributed by atoms with E-state index < -0.39 is 0 Å². The zero-order valence-electron chi connectivity index (χ0n) is 13.9. The SMILES string of the molecule is O=C(c1cnc2ccccc2n1)N1CCN(C(=O)C2CCCO2)CC1. The summed E-state index contributed by atoms with van der Waals surface area (Å²) in [4.78, 5) is 37.3. The van der Waals surface area contributed by atoms with E-state index in [0.29, 0.717) is 44.0 Å². The Balaban J connectivity index is 1.41. The number of hydrogen-bond donors (Lipinski definition) is 0. The molecular weight excluding hydrogens is 320 g/mol. The van der Waals surface area contributed by atoms with Crippen LogP contribution in [-0.4, -0.2) is 70.5 Å². The fourth-order valence-electron chi connectivity index (χ4n) is 3.33. The van der Waals surface area contributed by atoms with Gasteiger partial charge in [-0.3, -0.25) is 14.6 Å². The average molecular weight is 340 g/mol. The summed E-state index contributed by atoms with van der Waals surface area (Å²) >= 11 is 0. The van der Waals surface area contributed by atoms with Crippen LogP contribution < -0.4 is 0 Å². The zero-order chi connectivity index (χ0) is 17.2. The maximum absolute atomic E-state index is 12.7. The first-order chi connectivity index (χ1) is 12.2. The van der Waals surface area contributed by atoms with Crippen molar-refractivity contribution < 1.29 is 14.3 Å². The molecule has 1 atom stereocenters. The summed E-state index contributed by atoms with van der Waals surface area (Å²) in [5.74, 6) is -0.0856. The van der Waals surface area contributed by atoms with Gasteiger partial charge in [0.25, 0.3) is 11.8 Å². The topological polar surface area (TPSA) is 75.6 Å². The molecule has 7 nitrogen and oxygen atoms in total. The van der Waals surface area contributed by atoms with Crippen molar-refractivity contribution in [3.05, 3.63) is 36.2 Å². The van der Waals surface area contributed by atoms with E-state index >= 15 is 0 Å². The van der Waals surface area contributed by atoms with Crippen LogP contribution in [0.25, 0.3) is 11.0 Å². The maximum atomic E-state index is 12.7. The monoisotopic (exact) mass is 340 g/mol. The standard InChI is InChI=1S/C18H20N4O3/c23-17(15-12-19-13-4-1-2-5-14(13)20-15)21-7-9-22(10-8-21)18(24)16-6-3-11-25-16/h1-2,4-5,12,16H,3,6-11H2. The van der Waals surface area contributed by atoms with Crippen LogP contribution in [0.4, 0.5) is 0 Å². The van der Waals surface area contributed by atoms with E-state index in [1.165, 1.54) is 6.20 Å². The van der Waals surface area contributed by atoms with Crippen molar-refractivity contribution in [1.82, 2.24) is 19.8 Å². The number of fused-ring (bicyclic) bond motifs is 1. The number of carbonyl (C=O) groups excluding carboxylic acids is 2. The van der Waals surface area contributed by atoms with E-state index in [2.05, 4.69) is 9.97 Å². The third-order valence-corrected chi connectivity index (χ3v) is 4.75. The Labute approximate surface area is 145 Å². The predicted octanol–water partition coefficient (Wildman–Crippen LogP) is 1.09. The highest BCUT2D eigenvalue weighted by molar-refractivity contribution is 5.94. The minimum Gasteiger partial charge on any atom is -0.368 e. The van der Waals surface area contributed by atoms with Gasteiger partial charge in [0, 0.05) is 32.8 Å². The molecule has 4 rings (SSSR count). The second kappa shape index (κ2) is 6.76. The van der Waals surface area contributed by atoms with Gasteiger partial charge in [-0.15, -0.1) is 0 Å². The van der Waals surface area contributed by atoms with Crippen molar-refractivity contribution in [1.29, 1.82) is 0 Å². The number of ether oxygens (including phenoxy) is 1. The van der Waals surface area contributed by atoms with Crippen LogP contribution in [0.3, 0.4) is 0 Å². The van der Waals surface area contributed by atoms with Crippen molar-refractivity contribution >= 4 is 22.8 Å². The van der Waals surface area contributed by atoms with Gasteiger partial charge in [0.05, 0.1) is 17.2 Å². The summed E-state index contributed by atoms with van der Waals surface area (Å²) in [6, 6.07) is 7.48. The molecule has 0 aliphatic carbocycles. The van der Waals surface area contributed by atoms with Crippen molar-refractivity contribution in [2.45, 2.75) is 18.9 Å². The number of amides is 2. The molecule has 1 aromatic carbocycles. The van der Waals surface area contributed by atoms with Crippen LogP contribution in [0.2, 0.25) is 0 Å². The highest BCUT2D eigenvalue weighted by Crippen LogP contribution is 2.17. The maximum Gasteiger partial charge on any atom is 0.274 e. The highest BCUT2D eigenvalue weighted by atomic mass is 16.5. The third kappa shape index (κ3) is 3.19. The Bertz CT molecular complexity index is 796. The molecule has 2 aromatic rings. The molecule has 0 radical (unpaired) electrons. The number of rotatable bonds is 2. The van der Waals surface area contributed by atoms with Gasteiger partial charge in [-0.05, 0) is 25.0 Å². The van der Waals surface area contributed by atoms with Gasteiger partial charge in [0.2, 0.25) is 0 Å². The zero-order valence-corrected chi connectivity index (χ0v) is 13.9. The largest absolute Gasteiger partial charge is 0.368 e. The van der Waals surface area contributed by atoms with Gasteiger partial charge in [0.1, 0.15) is 11.8 Å². The first-order valence-electron chi connectivity index (χ1n) is 8.64. The number of aromatic nitrogens is 2. The normalized spacial score (nSPS) is 20.9. The van der Waals surface area contributed by atoms with Crippen LogP contribution in [0.1, 0.15) is 23.3 Å². The van der Waals surface area contributed by atoms with Gasteiger partial charge in [-0.2, -0.15) is 0 Å². The lowest BCUT2D eigenvalue weighted by Gasteiger charge is -2.35. The number of para-hydroxylation sites is 2. The van der Waals surface area contributed by atoms with Crippen LogP contribution in [0.15, 0.2) is 30.5 Å². The first kappa shape index (κ1) is 16.0. The second-order valence-electron chi connectivity index (χ2n) is 6.36. The van der Waals surface area contributed by atoms with Crippen LogP contribution in [-0.2, 0) is 9.53 Å². The van der Waals surface area contributed by atoms with Crippen molar-refractivity contribution in [3.8, 4) is 0 Å². The Hall–Kier alpha value is -2.54. The number of nitrogens with zero attached hydrogens (tertiary/aromatic N) is 4. The molecule has 2 aliphatic heterocycles. The summed E-state index contributed by atoms with van der Waals surface area (Å²) in [6.07, 6.45) is 2.96. The molecule has 25 heavy (non-hydrogen) atoms. The smallest absolute Gasteiger partial charge is 0.274 e. The predicted molar refractivity (Wildman–Crippen MR) is 91.0 cm³/mol. The Morgan fingerprint density at radius 3 is 2.48 bits per heavy atom. The summed E-state index contributed by atoms with van der Waals surface area (Å²) in [5.41, 5.74) is 1.82. The van der Waals surface area contributed by atoms with E-state index in [9.17, 15) is 9.59 Å². The summed E-state index contributed by atoms with van der Waals surface area (Å²) in [6.45, 7) is 2.74. The molecule has 2 aliphatic rings. The van der Waals surface area contributed by atoms with Crippen molar-refractivity contribution in [3.63, 3.8) is 0 Å². The molecule has 2 fully saturated rings. The molecule has 1 aromatic heterocycles. The minimum absolute atomic E-state index is 0.0510.